The van der Waals surface area contributed by atoms with Crippen molar-refractivity contribution in [3.8, 4) is 0 Å². The van der Waals surface area contributed by atoms with E-state index in [0.717, 1.165) is 18.9 Å². The molecule has 100 valence electrons. The quantitative estimate of drug-likeness (QED) is 0.873. The van der Waals surface area contributed by atoms with Crippen LogP contribution in [0, 0.1) is 0 Å². The Hall–Kier alpha value is -0.900. The summed E-state index contributed by atoms with van der Waals surface area (Å²) in [4.78, 5) is 4.88. The van der Waals surface area contributed by atoms with Gasteiger partial charge >= 0.3 is 0 Å². The molecule has 3 rings (SSSR count). The normalized spacial score (nSPS) is 23.4. The molecule has 1 aliphatic carbocycles. The zero-order valence-corrected chi connectivity index (χ0v) is 11.4. The minimum Gasteiger partial charge on any atom is -0.317 e. The van der Waals surface area contributed by atoms with E-state index in [1.165, 1.54) is 50.8 Å². The maximum atomic E-state index is 4.88. The van der Waals surface area contributed by atoms with E-state index < -0.39 is 0 Å². The summed E-state index contributed by atoms with van der Waals surface area (Å²) in [6.45, 7) is 2.23. The molecule has 0 aromatic carbocycles. The molecule has 1 aromatic heterocycles. The molecule has 1 aromatic rings. The Labute approximate surface area is 109 Å². The highest BCUT2D eigenvalue weighted by Gasteiger charge is 2.25. The maximum absolute atomic E-state index is 4.88. The second kappa shape index (κ2) is 5.39. The SMILES string of the molecule is Cn1nc(C2CCNCC2)nc1C1CCCCC1. The molecule has 1 aliphatic heterocycles. The number of aryl methyl sites for hydroxylation is 1. The van der Waals surface area contributed by atoms with Gasteiger partial charge in [-0.15, -0.1) is 0 Å². The first-order valence-corrected chi connectivity index (χ1v) is 7.46. The lowest BCUT2D eigenvalue weighted by atomic mass is 9.88. The van der Waals surface area contributed by atoms with Crippen LogP contribution in [0.5, 0.6) is 0 Å². The van der Waals surface area contributed by atoms with Crippen LogP contribution in [0.25, 0.3) is 0 Å². The highest BCUT2D eigenvalue weighted by atomic mass is 15.3. The van der Waals surface area contributed by atoms with Gasteiger partial charge in [-0.25, -0.2) is 4.98 Å². The van der Waals surface area contributed by atoms with E-state index in [1.807, 2.05) is 4.68 Å². The first-order valence-electron chi connectivity index (χ1n) is 7.46. The summed E-state index contributed by atoms with van der Waals surface area (Å²) in [5, 5.41) is 8.09. The molecule has 2 fully saturated rings. The molecule has 18 heavy (non-hydrogen) atoms. The molecule has 0 unspecified atom stereocenters. The number of rotatable bonds is 2. The Kier molecular flexibility index (Phi) is 3.64. The van der Waals surface area contributed by atoms with Gasteiger partial charge in [-0.1, -0.05) is 19.3 Å². The predicted molar refractivity (Wildman–Crippen MR) is 71.7 cm³/mol. The van der Waals surface area contributed by atoms with Crippen LogP contribution in [-0.2, 0) is 7.05 Å². The fourth-order valence-corrected chi connectivity index (χ4v) is 3.39. The summed E-state index contributed by atoms with van der Waals surface area (Å²) >= 11 is 0. The first kappa shape index (κ1) is 12.2. The Bertz CT molecular complexity index is 386. The molecule has 0 radical (unpaired) electrons. The third kappa shape index (κ3) is 2.44. The van der Waals surface area contributed by atoms with Crippen LogP contribution in [0.3, 0.4) is 0 Å². The lowest BCUT2D eigenvalue weighted by Gasteiger charge is -2.20. The molecule has 0 atom stereocenters. The largest absolute Gasteiger partial charge is 0.317 e. The summed E-state index contributed by atoms with van der Waals surface area (Å²) in [6, 6.07) is 0. The van der Waals surface area contributed by atoms with E-state index in [4.69, 9.17) is 4.98 Å². The van der Waals surface area contributed by atoms with Gasteiger partial charge in [-0.2, -0.15) is 5.10 Å². The second-order valence-electron chi connectivity index (χ2n) is 5.81. The highest BCUT2D eigenvalue weighted by Crippen LogP contribution is 2.32. The van der Waals surface area contributed by atoms with Gasteiger partial charge in [-0.05, 0) is 38.8 Å². The van der Waals surface area contributed by atoms with Crippen molar-refractivity contribution in [2.24, 2.45) is 7.05 Å². The summed E-state index contributed by atoms with van der Waals surface area (Å²) < 4.78 is 2.05. The second-order valence-corrected chi connectivity index (χ2v) is 5.81. The van der Waals surface area contributed by atoms with E-state index in [-0.39, 0.29) is 0 Å². The summed E-state index contributed by atoms with van der Waals surface area (Å²) in [6.07, 6.45) is 9.11. The third-order valence-corrected chi connectivity index (χ3v) is 4.49. The Balaban J connectivity index is 1.76. The zero-order valence-electron chi connectivity index (χ0n) is 11.4. The molecule has 2 aliphatic rings. The van der Waals surface area contributed by atoms with Gasteiger partial charge in [-0.3, -0.25) is 4.68 Å². The van der Waals surface area contributed by atoms with Crippen molar-refractivity contribution >= 4 is 0 Å². The third-order valence-electron chi connectivity index (χ3n) is 4.49. The summed E-state index contributed by atoms with van der Waals surface area (Å²) in [7, 11) is 2.07. The fraction of sp³-hybridized carbons (Fsp3) is 0.857. The highest BCUT2D eigenvalue weighted by molar-refractivity contribution is 5.05. The monoisotopic (exact) mass is 248 g/mol. The summed E-state index contributed by atoms with van der Waals surface area (Å²) in [5.41, 5.74) is 0. The number of piperidine rings is 1. The summed E-state index contributed by atoms with van der Waals surface area (Å²) in [5.74, 6) is 3.57. The van der Waals surface area contributed by atoms with Gasteiger partial charge < -0.3 is 5.32 Å². The maximum Gasteiger partial charge on any atom is 0.154 e. The van der Waals surface area contributed by atoms with Gasteiger partial charge in [0.1, 0.15) is 5.82 Å². The Morgan fingerprint density at radius 3 is 2.44 bits per heavy atom. The fourth-order valence-electron chi connectivity index (χ4n) is 3.39. The molecule has 1 saturated carbocycles. The van der Waals surface area contributed by atoms with Crippen LogP contribution in [-0.4, -0.2) is 27.9 Å². The van der Waals surface area contributed by atoms with Crippen molar-refractivity contribution < 1.29 is 0 Å². The van der Waals surface area contributed by atoms with Gasteiger partial charge in [0.05, 0.1) is 0 Å². The van der Waals surface area contributed by atoms with Gasteiger partial charge in [0, 0.05) is 18.9 Å². The van der Waals surface area contributed by atoms with Crippen molar-refractivity contribution in [2.45, 2.75) is 56.8 Å². The van der Waals surface area contributed by atoms with Crippen LogP contribution in [0.15, 0.2) is 0 Å². The van der Waals surface area contributed by atoms with Crippen LogP contribution >= 0.6 is 0 Å². The van der Waals surface area contributed by atoms with Crippen molar-refractivity contribution in [3.63, 3.8) is 0 Å². The van der Waals surface area contributed by atoms with Gasteiger partial charge in [0.25, 0.3) is 0 Å². The van der Waals surface area contributed by atoms with E-state index in [2.05, 4.69) is 17.5 Å². The lowest BCUT2D eigenvalue weighted by molar-refractivity contribution is 0.417. The number of nitrogens with zero attached hydrogens (tertiary/aromatic N) is 3. The van der Waals surface area contributed by atoms with Crippen LogP contribution in [0.2, 0.25) is 0 Å². The van der Waals surface area contributed by atoms with Gasteiger partial charge in [0.2, 0.25) is 0 Å². The standard InChI is InChI=1S/C14H24N4/c1-18-14(12-5-3-2-4-6-12)16-13(17-18)11-7-9-15-10-8-11/h11-12,15H,2-10H2,1H3. The Morgan fingerprint density at radius 2 is 1.72 bits per heavy atom. The molecule has 0 amide bonds. The zero-order chi connectivity index (χ0) is 12.4. The molecule has 2 heterocycles. The lowest BCUT2D eigenvalue weighted by Crippen LogP contribution is -2.27. The van der Waals surface area contributed by atoms with Crippen LogP contribution < -0.4 is 5.32 Å². The van der Waals surface area contributed by atoms with E-state index >= 15 is 0 Å². The molecule has 1 N–H and O–H groups in total. The van der Waals surface area contributed by atoms with Crippen LogP contribution in [0.4, 0.5) is 0 Å². The molecular formula is C14H24N4. The van der Waals surface area contributed by atoms with Crippen LogP contribution in [0.1, 0.15) is 68.4 Å². The van der Waals surface area contributed by atoms with Crippen molar-refractivity contribution in [1.29, 1.82) is 0 Å². The molecular weight excluding hydrogens is 224 g/mol. The van der Waals surface area contributed by atoms with Crippen molar-refractivity contribution in [1.82, 2.24) is 20.1 Å². The molecule has 0 bridgehead atoms. The Morgan fingerprint density at radius 1 is 1.00 bits per heavy atom. The number of hydrogen-bond acceptors (Lipinski definition) is 3. The minimum atomic E-state index is 0.579. The van der Waals surface area contributed by atoms with Gasteiger partial charge in [0.15, 0.2) is 5.82 Å². The van der Waals surface area contributed by atoms with E-state index in [1.54, 1.807) is 0 Å². The number of aromatic nitrogens is 3. The topological polar surface area (TPSA) is 42.7 Å². The minimum absolute atomic E-state index is 0.579. The van der Waals surface area contributed by atoms with Crippen molar-refractivity contribution in [2.75, 3.05) is 13.1 Å². The smallest absolute Gasteiger partial charge is 0.154 e. The predicted octanol–water partition coefficient (Wildman–Crippen LogP) is 2.33. The number of hydrogen-bond donors (Lipinski definition) is 1. The average molecular weight is 248 g/mol. The van der Waals surface area contributed by atoms with E-state index in [0.29, 0.717) is 11.8 Å². The molecule has 0 spiro atoms. The van der Waals surface area contributed by atoms with E-state index in [9.17, 15) is 0 Å². The molecule has 4 nitrogen and oxygen atoms in total. The molecule has 1 saturated heterocycles. The molecule has 4 heteroatoms. The number of nitrogens with one attached hydrogen (secondary N) is 1. The average Bonchev–Trinajstić information content (AvgIpc) is 2.83. The first-order chi connectivity index (χ1) is 8.84. The van der Waals surface area contributed by atoms with Crippen molar-refractivity contribution in [3.05, 3.63) is 11.6 Å².